The van der Waals surface area contributed by atoms with Crippen molar-refractivity contribution in [3.05, 3.63) is 62.9 Å². The molecular formula is C26H27N3O5. The van der Waals surface area contributed by atoms with Gasteiger partial charge in [-0.25, -0.2) is 9.78 Å². The fourth-order valence-corrected chi connectivity index (χ4v) is 5.16. The van der Waals surface area contributed by atoms with Gasteiger partial charge in [-0.2, -0.15) is 0 Å². The normalized spacial score (nSPS) is 18.5. The molecule has 1 N–H and O–H groups in total. The second kappa shape index (κ2) is 7.77. The number of rotatable bonds is 4. The smallest absolute Gasteiger partial charge is 0.342 e. The summed E-state index contributed by atoms with van der Waals surface area (Å²) in [6.45, 7) is 7.63. The Morgan fingerprint density at radius 1 is 1.26 bits per heavy atom. The standard InChI is InChI=1S/C26H27N3O5/c1-14(2)28(15(3)30)10-9-16-17-7-5-6-8-21(17)27-23-18(16)12-29-22(23)11-20-19(24(29)31)13-34-25(32)26(20,4)33/h5-8,11,14,33H,9-10,12-13H2,1-4H3/t26-/m0/s1. The molecule has 8 heteroatoms. The van der Waals surface area contributed by atoms with Gasteiger partial charge in [-0.3, -0.25) is 9.59 Å². The van der Waals surface area contributed by atoms with Crippen molar-refractivity contribution in [3.63, 3.8) is 0 Å². The minimum atomic E-state index is -1.90. The topological polar surface area (TPSA) is 102 Å². The first-order valence-electron chi connectivity index (χ1n) is 11.5. The number of cyclic esters (lactones) is 1. The lowest BCUT2D eigenvalue weighted by Gasteiger charge is -2.29. The monoisotopic (exact) mass is 461 g/mol. The Morgan fingerprint density at radius 3 is 2.71 bits per heavy atom. The lowest BCUT2D eigenvalue weighted by Crippen LogP contribution is -2.42. The van der Waals surface area contributed by atoms with E-state index < -0.39 is 11.6 Å². The summed E-state index contributed by atoms with van der Waals surface area (Å²) in [6, 6.07) is 9.58. The molecule has 2 aliphatic heterocycles. The van der Waals surface area contributed by atoms with Gasteiger partial charge in [0.05, 0.1) is 29.0 Å². The quantitative estimate of drug-likeness (QED) is 0.469. The molecule has 3 aromatic rings. The molecule has 0 aliphatic carbocycles. The van der Waals surface area contributed by atoms with Crippen molar-refractivity contribution >= 4 is 22.8 Å². The fraction of sp³-hybridized carbons (Fsp3) is 0.385. The van der Waals surface area contributed by atoms with Crippen LogP contribution in [0.2, 0.25) is 0 Å². The molecule has 1 amide bonds. The largest absolute Gasteiger partial charge is 0.458 e. The Balaban J connectivity index is 1.69. The Morgan fingerprint density at radius 2 is 2.00 bits per heavy atom. The van der Waals surface area contributed by atoms with E-state index in [9.17, 15) is 19.5 Å². The van der Waals surface area contributed by atoms with Gasteiger partial charge in [0.15, 0.2) is 5.60 Å². The molecule has 0 spiro atoms. The van der Waals surface area contributed by atoms with E-state index in [2.05, 4.69) is 0 Å². The number of carbonyl (C=O) groups is 2. The van der Waals surface area contributed by atoms with E-state index in [1.165, 1.54) is 6.92 Å². The van der Waals surface area contributed by atoms with Gasteiger partial charge in [0.1, 0.15) is 6.61 Å². The predicted molar refractivity (Wildman–Crippen MR) is 126 cm³/mol. The zero-order valence-electron chi connectivity index (χ0n) is 19.7. The molecule has 34 heavy (non-hydrogen) atoms. The molecule has 2 aromatic heterocycles. The molecule has 1 atom stereocenters. The van der Waals surface area contributed by atoms with Crippen LogP contribution < -0.4 is 5.56 Å². The van der Waals surface area contributed by atoms with Crippen molar-refractivity contribution in [2.45, 2.75) is 58.9 Å². The minimum Gasteiger partial charge on any atom is -0.458 e. The first kappa shape index (κ1) is 22.3. The molecule has 0 fully saturated rings. The van der Waals surface area contributed by atoms with Crippen LogP contribution in [0.4, 0.5) is 0 Å². The number of carbonyl (C=O) groups excluding carboxylic acids is 2. The zero-order chi connectivity index (χ0) is 24.4. The van der Waals surface area contributed by atoms with Gasteiger partial charge in [0.25, 0.3) is 5.56 Å². The maximum Gasteiger partial charge on any atom is 0.342 e. The number of benzene rings is 1. The summed E-state index contributed by atoms with van der Waals surface area (Å²) in [5, 5.41) is 11.8. The molecule has 0 bridgehead atoms. The van der Waals surface area contributed by atoms with Crippen molar-refractivity contribution in [2.24, 2.45) is 0 Å². The van der Waals surface area contributed by atoms with Crippen LogP contribution in [0.1, 0.15) is 49.9 Å². The summed E-state index contributed by atoms with van der Waals surface area (Å²) in [6.07, 6.45) is 0.616. The Labute approximate surface area is 196 Å². The number of pyridine rings is 2. The zero-order valence-corrected chi connectivity index (χ0v) is 19.7. The number of amides is 1. The summed E-state index contributed by atoms with van der Waals surface area (Å²) >= 11 is 0. The highest BCUT2D eigenvalue weighted by Crippen LogP contribution is 2.39. The van der Waals surface area contributed by atoms with E-state index in [1.54, 1.807) is 17.6 Å². The minimum absolute atomic E-state index is 0.0177. The molecular weight excluding hydrogens is 434 g/mol. The molecule has 5 rings (SSSR count). The lowest BCUT2D eigenvalue weighted by molar-refractivity contribution is -0.169. The maximum atomic E-state index is 13.4. The molecule has 2 aliphatic rings. The number of fused-ring (bicyclic) bond motifs is 5. The summed E-state index contributed by atoms with van der Waals surface area (Å²) in [5.41, 5.74) is 2.38. The van der Waals surface area contributed by atoms with Crippen molar-refractivity contribution in [1.29, 1.82) is 0 Å². The number of ether oxygens (including phenoxy) is 1. The molecule has 0 radical (unpaired) electrons. The highest BCUT2D eigenvalue weighted by molar-refractivity contribution is 5.89. The number of nitrogens with zero attached hydrogens (tertiary/aromatic N) is 3. The Kier molecular flexibility index (Phi) is 5.09. The van der Waals surface area contributed by atoms with Gasteiger partial charge in [-0.15, -0.1) is 0 Å². The van der Waals surface area contributed by atoms with Gasteiger partial charge in [0, 0.05) is 36.0 Å². The SMILES string of the molecule is CC(=O)N(CCc1c2c(nc3ccccc13)-c1cc3c(c(=O)n1C2)COC(=O)[C@@]3(C)O)C(C)C. The number of hydrogen-bond acceptors (Lipinski definition) is 6. The molecule has 0 saturated heterocycles. The van der Waals surface area contributed by atoms with Crippen LogP contribution in [0, 0.1) is 0 Å². The number of para-hydroxylation sites is 1. The van der Waals surface area contributed by atoms with Crippen LogP contribution in [0.3, 0.4) is 0 Å². The molecule has 176 valence electrons. The van der Waals surface area contributed by atoms with E-state index in [0.717, 1.165) is 22.0 Å². The first-order valence-corrected chi connectivity index (χ1v) is 11.5. The van der Waals surface area contributed by atoms with E-state index in [1.807, 2.05) is 43.0 Å². The average molecular weight is 462 g/mol. The summed E-state index contributed by atoms with van der Waals surface area (Å²) in [5.74, 6) is -0.753. The van der Waals surface area contributed by atoms with Crippen molar-refractivity contribution < 1.29 is 19.4 Å². The number of aromatic nitrogens is 2. The van der Waals surface area contributed by atoms with Gasteiger partial charge in [-0.05, 0) is 44.9 Å². The maximum absolute atomic E-state index is 13.4. The molecule has 4 heterocycles. The van der Waals surface area contributed by atoms with Crippen LogP contribution in [-0.4, -0.2) is 44.0 Å². The number of aliphatic hydroxyl groups is 1. The van der Waals surface area contributed by atoms with Crippen LogP contribution in [-0.2, 0) is 39.5 Å². The van der Waals surface area contributed by atoms with Crippen LogP contribution in [0.5, 0.6) is 0 Å². The molecule has 1 aromatic carbocycles. The number of hydrogen-bond donors (Lipinski definition) is 1. The third kappa shape index (κ3) is 3.24. The van der Waals surface area contributed by atoms with E-state index in [4.69, 9.17) is 9.72 Å². The van der Waals surface area contributed by atoms with Crippen LogP contribution in [0.25, 0.3) is 22.3 Å². The Hall–Kier alpha value is -3.52. The molecule has 0 unspecified atom stereocenters. The van der Waals surface area contributed by atoms with Crippen molar-refractivity contribution in [1.82, 2.24) is 14.5 Å². The van der Waals surface area contributed by atoms with Gasteiger partial charge >= 0.3 is 5.97 Å². The second-order valence-corrected chi connectivity index (χ2v) is 9.45. The van der Waals surface area contributed by atoms with Crippen LogP contribution >= 0.6 is 0 Å². The van der Waals surface area contributed by atoms with E-state index in [0.29, 0.717) is 30.9 Å². The fourth-order valence-electron chi connectivity index (χ4n) is 5.16. The molecule has 0 saturated carbocycles. The predicted octanol–water partition coefficient (Wildman–Crippen LogP) is 2.49. The third-order valence-corrected chi connectivity index (χ3v) is 6.97. The highest BCUT2D eigenvalue weighted by Gasteiger charge is 2.43. The Bertz CT molecular complexity index is 1420. The average Bonchev–Trinajstić information content (AvgIpc) is 3.15. The van der Waals surface area contributed by atoms with Gasteiger partial charge in [-0.1, -0.05) is 18.2 Å². The van der Waals surface area contributed by atoms with E-state index in [-0.39, 0.29) is 35.2 Å². The second-order valence-electron chi connectivity index (χ2n) is 9.45. The molecule has 8 nitrogen and oxygen atoms in total. The summed E-state index contributed by atoms with van der Waals surface area (Å²) < 4.78 is 6.72. The van der Waals surface area contributed by atoms with Gasteiger partial charge < -0.3 is 19.3 Å². The highest BCUT2D eigenvalue weighted by atomic mass is 16.6. The number of esters is 1. The van der Waals surface area contributed by atoms with Gasteiger partial charge in [0.2, 0.25) is 5.91 Å². The third-order valence-electron chi connectivity index (χ3n) is 6.97. The van der Waals surface area contributed by atoms with Crippen molar-refractivity contribution in [2.75, 3.05) is 6.54 Å². The summed E-state index contributed by atoms with van der Waals surface area (Å²) in [7, 11) is 0. The first-order chi connectivity index (χ1) is 16.1. The van der Waals surface area contributed by atoms with E-state index >= 15 is 0 Å². The summed E-state index contributed by atoms with van der Waals surface area (Å²) in [4.78, 5) is 44.5. The van der Waals surface area contributed by atoms with Crippen molar-refractivity contribution in [3.8, 4) is 11.4 Å². The van der Waals surface area contributed by atoms with Crippen LogP contribution in [0.15, 0.2) is 35.1 Å². The lowest BCUT2D eigenvalue weighted by atomic mass is 9.89.